The van der Waals surface area contributed by atoms with Gasteiger partial charge in [-0.15, -0.1) is 11.6 Å². The van der Waals surface area contributed by atoms with E-state index in [1.165, 1.54) is 19.9 Å². The van der Waals surface area contributed by atoms with Gasteiger partial charge in [0.25, 0.3) is 0 Å². The predicted molar refractivity (Wildman–Crippen MR) is 78.6 cm³/mol. The van der Waals surface area contributed by atoms with Gasteiger partial charge in [-0.05, 0) is 19.9 Å². The van der Waals surface area contributed by atoms with Crippen LogP contribution in [0.15, 0.2) is 20.7 Å². The summed E-state index contributed by atoms with van der Waals surface area (Å²) in [6.07, 6.45) is 1.79. The second kappa shape index (κ2) is 5.63. The van der Waals surface area contributed by atoms with Crippen LogP contribution in [0, 0.1) is 0 Å². The third-order valence-electron chi connectivity index (χ3n) is 2.89. The monoisotopic (exact) mass is 353 g/mol. The number of alkyl halides is 2. The highest BCUT2D eigenvalue weighted by Gasteiger charge is 2.37. The van der Waals surface area contributed by atoms with Crippen molar-refractivity contribution >= 4 is 46.3 Å². The molecular weight excluding hydrogens is 344 g/mol. The van der Waals surface area contributed by atoms with Crippen molar-refractivity contribution < 1.29 is 18.8 Å². The van der Waals surface area contributed by atoms with Gasteiger partial charge in [0.1, 0.15) is 11.3 Å². The zero-order valence-corrected chi connectivity index (χ0v) is 13.4. The molecule has 0 aliphatic heterocycles. The summed E-state index contributed by atoms with van der Waals surface area (Å²) in [4.78, 5) is 11.4. The molecule has 0 aromatic carbocycles. The second-order valence-electron chi connectivity index (χ2n) is 5.03. The first kappa shape index (κ1) is 16.3. The minimum absolute atomic E-state index is 0.0990. The number of carboxylic acids is 1. The molecule has 114 valence electrons. The summed E-state index contributed by atoms with van der Waals surface area (Å²) >= 11 is 18.1. The van der Waals surface area contributed by atoms with E-state index in [1.54, 1.807) is 0 Å². The Morgan fingerprint density at radius 1 is 1.52 bits per heavy atom. The third kappa shape index (κ3) is 3.10. The molecule has 0 spiro atoms. The predicted octanol–water partition coefficient (Wildman–Crippen LogP) is 4.66. The van der Waals surface area contributed by atoms with Gasteiger partial charge >= 0.3 is 5.97 Å². The summed E-state index contributed by atoms with van der Waals surface area (Å²) < 4.78 is 18.9. The van der Waals surface area contributed by atoms with E-state index in [0.717, 1.165) is 0 Å². The zero-order chi connectivity index (χ0) is 15.9. The van der Waals surface area contributed by atoms with Crippen molar-refractivity contribution in [3.63, 3.8) is 0 Å². The average molecular weight is 355 g/mol. The van der Waals surface area contributed by atoms with E-state index in [-0.39, 0.29) is 33.5 Å². The van der Waals surface area contributed by atoms with Crippen molar-refractivity contribution in [1.29, 1.82) is 0 Å². The number of nitrogens with zero attached hydrogens (tertiary/aromatic N) is 1. The molecule has 1 atom stereocenters. The Morgan fingerprint density at radius 2 is 2.14 bits per heavy atom. The molecule has 1 aliphatic carbocycles. The van der Waals surface area contributed by atoms with Gasteiger partial charge in [0, 0.05) is 22.1 Å². The molecule has 1 heterocycles. The first-order valence-electron chi connectivity index (χ1n) is 5.96. The Morgan fingerprint density at radius 3 is 2.62 bits per heavy atom. The number of carbonyl (C=O) groups is 1. The van der Waals surface area contributed by atoms with Gasteiger partial charge in [-0.3, -0.25) is 0 Å². The van der Waals surface area contributed by atoms with E-state index < -0.39 is 22.6 Å². The minimum Gasteiger partial charge on any atom is -0.477 e. The Balaban J connectivity index is 2.66. The number of hydrogen-bond acceptors (Lipinski definition) is 3. The molecule has 4 nitrogen and oxygen atoms in total. The quantitative estimate of drug-likeness (QED) is 0.802. The van der Waals surface area contributed by atoms with Gasteiger partial charge in [-0.2, -0.15) is 0 Å². The van der Waals surface area contributed by atoms with Gasteiger partial charge < -0.3 is 9.63 Å². The van der Waals surface area contributed by atoms with Crippen LogP contribution in [0.3, 0.4) is 0 Å². The maximum atomic E-state index is 14.1. The molecule has 1 N–H and O–H groups in total. The fourth-order valence-corrected chi connectivity index (χ4v) is 3.20. The molecule has 0 bridgehead atoms. The Labute approximate surface area is 135 Å². The average Bonchev–Trinajstić information content (AvgIpc) is 2.71. The zero-order valence-electron chi connectivity index (χ0n) is 11.1. The number of allylic oxidation sites excluding steroid dienone is 4. The lowest BCUT2D eigenvalue weighted by Gasteiger charge is -2.16. The van der Waals surface area contributed by atoms with Crippen LogP contribution in [0.25, 0.3) is 5.57 Å². The van der Waals surface area contributed by atoms with E-state index in [9.17, 15) is 14.3 Å². The molecule has 1 aliphatic rings. The Hall–Kier alpha value is -1.04. The molecule has 0 amide bonds. The second-order valence-corrected chi connectivity index (χ2v) is 6.45. The van der Waals surface area contributed by atoms with Gasteiger partial charge in [-0.25, -0.2) is 9.18 Å². The van der Waals surface area contributed by atoms with Crippen molar-refractivity contribution in [3.8, 4) is 0 Å². The Bertz CT molecular complexity index is 658. The maximum Gasteiger partial charge on any atom is 0.341 e. The van der Waals surface area contributed by atoms with Gasteiger partial charge in [0.2, 0.25) is 0 Å². The van der Waals surface area contributed by atoms with Gasteiger partial charge in [-0.1, -0.05) is 28.4 Å². The number of aromatic nitrogens is 1. The van der Waals surface area contributed by atoms with Crippen LogP contribution in [0.1, 0.15) is 42.1 Å². The van der Waals surface area contributed by atoms with Crippen molar-refractivity contribution in [2.24, 2.45) is 0 Å². The van der Waals surface area contributed by atoms with Crippen molar-refractivity contribution in [1.82, 2.24) is 5.16 Å². The molecule has 0 saturated heterocycles. The van der Waals surface area contributed by atoms with Gasteiger partial charge in [0.05, 0.1) is 5.38 Å². The van der Waals surface area contributed by atoms with Crippen molar-refractivity contribution in [2.75, 3.05) is 0 Å². The fraction of sp³-hybridized carbons (Fsp3) is 0.385. The number of hydrogen-bond donors (Lipinski definition) is 1. The van der Waals surface area contributed by atoms with Crippen LogP contribution in [0.5, 0.6) is 0 Å². The SMILES string of the molecule is CC(C)(F)c1onc(C2=C(Cl)CC(Cl)C=C2Cl)c1C(=O)O. The lowest BCUT2D eigenvalue weighted by Crippen LogP contribution is -2.15. The molecule has 0 saturated carbocycles. The molecule has 1 aromatic rings. The molecule has 1 aromatic heterocycles. The van der Waals surface area contributed by atoms with Crippen LogP contribution >= 0.6 is 34.8 Å². The molecule has 8 heteroatoms. The van der Waals surface area contributed by atoms with Crippen molar-refractivity contribution in [2.45, 2.75) is 31.3 Å². The van der Waals surface area contributed by atoms with Crippen LogP contribution in [0.2, 0.25) is 0 Å². The summed E-state index contributed by atoms with van der Waals surface area (Å²) in [5, 5.41) is 13.0. The van der Waals surface area contributed by atoms with Gasteiger partial charge in [0.15, 0.2) is 11.4 Å². The largest absolute Gasteiger partial charge is 0.477 e. The minimum atomic E-state index is -2.01. The summed E-state index contributed by atoms with van der Waals surface area (Å²) in [6.45, 7) is 2.35. The molecular formula is C13H11Cl3FNO3. The number of aromatic carboxylic acids is 1. The molecule has 21 heavy (non-hydrogen) atoms. The van der Waals surface area contributed by atoms with Crippen LogP contribution in [0.4, 0.5) is 4.39 Å². The lowest BCUT2D eigenvalue weighted by atomic mass is 9.96. The van der Waals surface area contributed by atoms with Crippen LogP contribution < -0.4 is 0 Å². The summed E-state index contributed by atoms with van der Waals surface area (Å²) in [5.41, 5.74) is -2.30. The molecule has 1 unspecified atom stereocenters. The number of carboxylic acid groups (broad SMARTS) is 1. The highest BCUT2D eigenvalue weighted by atomic mass is 35.5. The molecule has 0 radical (unpaired) electrons. The normalized spacial score (nSPS) is 19.7. The maximum absolute atomic E-state index is 14.1. The molecule has 2 rings (SSSR count). The van der Waals surface area contributed by atoms with Crippen molar-refractivity contribution in [3.05, 3.63) is 33.2 Å². The fourth-order valence-electron chi connectivity index (χ4n) is 2.01. The smallest absolute Gasteiger partial charge is 0.341 e. The first-order valence-corrected chi connectivity index (χ1v) is 7.15. The van der Waals surface area contributed by atoms with Crippen LogP contribution in [-0.2, 0) is 5.67 Å². The van der Waals surface area contributed by atoms with E-state index >= 15 is 0 Å². The highest BCUT2D eigenvalue weighted by molar-refractivity contribution is 6.43. The van der Waals surface area contributed by atoms with E-state index in [1.807, 2.05) is 0 Å². The van der Waals surface area contributed by atoms with E-state index in [0.29, 0.717) is 0 Å². The lowest BCUT2D eigenvalue weighted by molar-refractivity contribution is 0.0682. The standard InChI is InChI=1S/C13H11Cl3FNO3/c1-13(2,17)11-9(12(19)20)10(18-21-11)8-6(15)3-5(14)4-7(8)16/h3,5H,4H2,1-2H3,(H,19,20). The van der Waals surface area contributed by atoms with E-state index in [4.69, 9.17) is 39.3 Å². The van der Waals surface area contributed by atoms with E-state index in [2.05, 4.69) is 5.16 Å². The highest BCUT2D eigenvalue weighted by Crippen LogP contribution is 2.41. The van der Waals surface area contributed by atoms with Crippen LogP contribution in [-0.4, -0.2) is 21.6 Å². The number of halogens is 4. The third-order valence-corrected chi connectivity index (χ3v) is 3.83. The summed E-state index contributed by atoms with van der Waals surface area (Å²) in [6, 6.07) is 0. The number of rotatable bonds is 3. The molecule has 0 fully saturated rings. The summed E-state index contributed by atoms with van der Waals surface area (Å²) in [7, 11) is 0. The summed E-state index contributed by atoms with van der Waals surface area (Å²) in [5.74, 6) is -1.76. The topological polar surface area (TPSA) is 63.3 Å². The first-order chi connectivity index (χ1) is 9.62. The Kier molecular flexibility index (Phi) is 4.38.